The van der Waals surface area contributed by atoms with Crippen molar-refractivity contribution in [2.45, 2.75) is 39.2 Å². The van der Waals surface area contributed by atoms with Gasteiger partial charge in [-0.1, -0.05) is 25.1 Å². The van der Waals surface area contributed by atoms with Gasteiger partial charge in [-0.25, -0.2) is 4.98 Å². The van der Waals surface area contributed by atoms with Crippen molar-refractivity contribution in [3.8, 4) is 0 Å². The Morgan fingerprint density at radius 1 is 1.19 bits per heavy atom. The Morgan fingerprint density at radius 3 is 2.56 bits per heavy atom. The molecule has 0 bridgehead atoms. The van der Waals surface area contributed by atoms with Gasteiger partial charge >= 0.3 is 0 Å². The molecular weight excluding hydrogens is 342 g/mol. The minimum Gasteiger partial charge on any atom is -0.340 e. The van der Waals surface area contributed by atoms with Crippen molar-refractivity contribution in [2.75, 3.05) is 19.6 Å². The van der Waals surface area contributed by atoms with E-state index in [2.05, 4.69) is 15.2 Å². The first-order valence-electron chi connectivity index (χ1n) is 9.52. The van der Waals surface area contributed by atoms with Crippen molar-refractivity contribution in [3.05, 3.63) is 47.5 Å². The van der Waals surface area contributed by atoms with Crippen molar-refractivity contribution in [1.82, 2.24) is 25.0 Å². The number of hydrogen-bond donors (Lipinski definition) is 1. The van der Waals surface area contributed by atoms with Crippen molar-refractivity contribution >= 4 is 11.8 Å². The summed E-state index contributed by atoms with van der Waals surface area (Å²) < 4.78 is 0. The fourth-order valence-electron chi connectivity index (χ4n) is 3.67. The highest BCUT2D eigenvalue weighted by Gasteiger charge is 2.48. The number of hydrogen-bond acceptors (Lipinski definition) is 4. The monoisotopic (exact) mass is 367 g/mol. The van der Waals surface area contributed by atoms with E-state index in [4.69, 9.17) is 0 Å². The maximum absolute atomic E-state index is 13.2. The molecule has 1 atom stereocenters. The van der Waals surface area contributed by atoms with Gasteiger partial charge in [-0.3, -0.25) is 14.7 Å². The van der Waals surface area contributed by atoms with Crippen LogP contribution in [0.1, 0.15) is 54.2 Å². The van der Waals surface area contributed by atoms with Crippen LogP contribution >= 0.6 is 0 Å². The third-order valence-corrected chi connectivity index (χ3v) is 5.59. The lowest BCUT2D eigenvalue weighted by molar-refractivity contribution is -0.136. The number of aromatic nitrogens is 3. The molecule has 7 heteroatoms. The second-order valence-corrected chi connectivity index (χ2v) is 7.82. The Bertz CT molecular complexity index is 843. The molecule has 1 aliphatic carbocycles. The summed E-state index contributed by atoms with van der Waals surface area (Å²) in [7, 11) is 0. The first-order valence-corrected chi connectivity index (χ1v) is 9.52. The van der Waals surface area contributed by atoms with Crippen LogP contribution in [0.2, 0.25) is 0 Å². The van der Waals surface area contributed by atoms with Crippen LogP contribution in [0.3, 0.4) is 0 Å². The molecular formula is C20H25N5O2. The number of rotatable bonds is 3. The minimum atomic E-state index is -0.351. The second-order valence-electron chi connectivity index (χ2n) is 7.82. The quantitative estimate of drug-likeness (QED) is 0.903. The molecule has 142 valence electrons. The number of nitrogens with zero attached hydrogens (tertiary/aromatic N) is 4. The SMILES string of the molecule is Cc1nc(C2CN(C(=O)C3(C)CC3)CCCN2C(=O)c2ccccc2)n[nH]1. The largest absolute Gasteiger partial charge is 0.340 e. The molecule has 1 saturated heterocycles. The highest BCUT2D eigenvalue weighted by atomic mass is 16.2. The Balaban J connectivity index is 1.65. The molecule has 1 aliphatic heterocycles. The van der Waals surface area contributed by atoms with Crippen LogP contribution in [0, 0.1) is 12.3 Å². The number of benzene rings is 1. The molecule has 1 saturated carbocycles. The molecule has 0 radical (unpaired) electrons. The van der Waals surface area contributed by atoms with Crippen LogP contribution in [-0.4, -0.2) is 56.4 Å². The Morgan fingerprint density at radius 2 is 1.93 bits per heavy atom. The highest BCUT2D eigenvalue weighted by Crippen LogP contribution is 2.47. The summed E-state index contributed by atoms with van der Waals surface area (Å²) in [6.07, 6.45) is 2.64. The zero-order chi connectivity index (χ0) is 19.0. The van der Waals surface area contributed by atoms with E-state index in [-0.39, 0.29) is 23.3 Å². The van der Waals surface area contributed by atoms with E-state index >= 15 is 0 Å². The average molecular weight is 367 g/mol. The van der Waals surface area contributed by atoms with Gasteiger partial charge in [-0.15, -0.1) is 0 Å². The number of aryl methyl sites for hydroxylation is 1. The zero-order valence-corrected chi connectivity index (χ0v) is 15.8. The Labute approximate surface area is 158 Å². The molecule has 0 spiro atoms. The van der Waals surface area contributed by atoms with Crippen molar-refractivity contribution < 1.29 is 9.59 Å². The molecule has 1 unspecified atom stereocenters. The predicted molar refractivity (Wildman–Crippen MR) is 99.9 cm³/mol. The number of carbonyl (C=O) groups is 2. The van der Waals surface area contributed by atoms with Gasteiger partial charge in [0.1, 0.15) is 11.9 Å². The first kappa shape index (κ1) is 17.7. The zero-order valence-electron chi connectivity index (χ0n) is 15.8. The molecule has 2 fully saturated rings. The number of amides is 2. The summed E-state index contributed by atoms with van der Waals surface area (Å²) in [4.78, 5) is 34.3. The van der Waals surface area contributed by atoms with E-state index in [0.29, 0.717) is 36.8 Å². The van der Waals surface area contributed by atoms with E-state index < -0.39 is 0 Å². The van der Waals surface area contributed by atoms with Crippen molar-refractivity contribution in [2.24, 2.45) is 5.41 Å². The number of H-pyrrole nitrogens is 1. The molecule has 1 N–H and O–H groups in total. The fourth-order valence-corrected chi connectivity index (χ4v) is 3.67. The second kappa shape index (κ2) is 6.79. The molecule has 2 aliphatic rings. The summed E-state index contributed by atoms with van der Waals surface area (Å²) in [6, 6.07) is 8.91. The molecule has 4 rings (SSSR count). The van der Waals surface area contributed by atoms with E-state index in [9.17, 15) is 9.59 Å². The van der Waals surface area contributed by atoms with Gasteiger partial charge in [0.05, 0.1) is 0 Å². The van der Waals surface area contributed by atoms with Crippen LogP contribution in [0.5, 0.6) is 0 Å². The fraction of sp³-hybridized carbons (Fsp3) is 0.500. The summed E-state index contributed by atoms with van der Waals surface area (Å²) in [5.74, 6) is 1.41. The molecule has 2 heterocycles. The number of nitrogens with one attached hydrogen (secondary N) is 1. The molecule has 1 aromatic heterocycles. The third-order valence-electron chi connectivity index (χ3n) is 5.59. The molecule has 2 aromatic rings. The minimum absolute atomic E-state index is 0.0463. The van der Waals surface area contributed by atoms with Gasteiger partial charge in [0.2, 0.25) is 5.91 Å². The summed E-state index contributed by atoms with van der Waals surface area (Å²) >= 11 is 0. The van der Waals surface area contributed by atoms with Crippen LogP contribution in [0.15, 0.2) is 30.3 Å². The smallest absolute Gasteiger partial charge is 0.254 e. The maximum Gasteiger partial charge on any atom is 0.254 e. The average Bonchev–Trinajstić information content (AvgIpc) is 3.36. The van der Waals surface area contributed by atoms with Crippen LogP contribution in [0.25, 0.3) is 0 Å². The maximum atomic E-state index is 13.2. The lowest BCUT2D eigenvalue weighted by Crippen LogP contribution is -2.42. The van der Waals surface area contributed by atoms with Gasteiger partial charge in [0.15, 0.2) is 5.82 Å². The van der Waals surface area contributed by atoms with Crippen molar-refractivity contribution in [1.29, 1.82) is 0 Å². The van der Waals surface area contributed by atoms with E-state index in [1.807, 2.05) is 54.0 Å². The number of carbonyl (C=O) groups excluding carboxylic acids is 2. The third kappa shape index (κ3) is 3.46. The van der Waals surface area contributed by atoms with Gasteiger partial charge in [-0.2, -0.15) is 5.10 Å². The van der Waals surface area contributed by atoms with Gasteiger partial charge in [0.25, 0.3) is 5.91 Å². The Kier molecular flexibility index (Phi) is 4.45. The topological polar surface area (TPSA) is 82.2 Å². The predicted octanol–water partition coefficient (Wildman–Crippen LogP) is 2.33. The van der Waals surface area contributed by atoms with E-state index in [1.54, 1.807) is 0 Å². The lowest BCUT2D eigenvalue weighted by atomic mass is 10.1. The first-order chi connectivity index (χ1) is 13.0. The van der Waals surface area contributed by atoms with Crippen LogP contribution < -0.4 is 0 Å². The lowest BCUT2D eigenvalue weighted by Gasteiger charge is -2.31. The molecule has 7 nitrogen and oxygen atoms in total. The van der Waals surface area contributed by atoms with Crippen LogP contribution in [-0.2, 0) is 4.79 Å². The molecule has 1 aromatic carbocycles. The van der Waals surface area contributed by atoms with E-state index in [1.165, 1.54) is 0 Å². The highest BCUT2D eigenvalue weighted by molar-refractivity contribution is 5.94. The van der Waals surface area contributed by atoms with E-state index in [0.717, 1.165) is 19.3 Å². The summed E-state index contributed by atoms with van der Waals surface area (Å²) in [6.45, 7) is 5.54. The van der Waals surface area contributed by atoms with Crippen molar-refractivity contribution in [3.63, 3.8) is 0 Å². The van der Waals surface area contributed by atoms with Gasteiger partial charge < -0.3 is 9.80 Å². The summed E-state index contributed by atoms with van der Waals surface area (Å²) in [5.41, 5.74) is 0.418. The number of aromatic amines is 1. The van der Waals surface area contributed by atoms with Gasteiger partial charge in [-0.05, 0) is 38.3 Å². The molecule has 27 heavy (non-hydrogen) atoms. The molecule has 2 amide bonds. The summed E-state index contributed by atoms with van der Waals surface area (Å²) in [5, 5.41) is 7.18. The van der Waals surface area contributed by atoms with Crippen LogP contribution in [0.4, 0.5) is 0 Å². The van der Waals surface area contributed by atoms with Gasteiger partial charge in [0, 0.05) is 30.6 Å². The normalized spacial score (nSPS) is 21.6. The Hall–Kier alpha value is -2.70. The standard InChI is InChI=1S/C20H25N5O2/c1-14-21-17(23-22-14)16-13-24(19(27)20(2)9-10-20)11-6-12-25(16)18(26)15-7-4-3-5-8-15/h3-5,7-8,16H,6,9-13H2,1-2H3,(H,21,22,23).